The van der Waals surface area contributed by atoms with E-state index in [1.54, 1.807) is 18.2 Å². The van der Waals surface area contributed by atoms with Crippen LogP contribution in [0.1, 0.15) is 4.88 Å². The van der Waals surface area contributed by atoms with E-state index >= 15 is 0 Å². The molecule has 0 aliphatic rings. The van der Waals surface area contributed by atoms with Crippen LogP contribution in [0, 0.1) is 11.3 Å². The van der Waals surface area contributed by atoms with E-state index in [-0.39, 0.29) is 0 Å². The second-order valence-electron chi connectivity index (χ2n) is 3.09. The lowest BCUT2D eigenvalue weighted by Crippen LogP contribution is -1.91. The van der Waals surface area contributed by atoms with Gasteiger partial charge in [0.2, 0.25) is 0 Å². The van der Waals surface area contributed by atoms with Gasteiger partial charge in [-0.1, -0.05) is 33.6 Å². The molecule has 6 heteroatoms. The Kier molecular flexibility index (Phi) is 4.00. The van der Waals surface area contributed by atoms with Gasteiger partial charge in [0.05, 0.1) is 15.7 Å². The highest BCUT2D eigenvalue weighted by atomic mass is 79.9. The van der Waals surface area contributed by atoms with Gasteiger partial charge in [-0.25, -0.2) is 4.21 Å². The topological polar surface area (TPSA) is 40.9 Å². The fraction of sp³-hybridized carbons (Fsp3) is 0. The number of nitrogens with zero attached hydrogens (tertiary/aromatic N) is 1. The molecule has 17 heavy (non-hydrogen) atoms. The molecular formula is C11H5BrClNOS2. The van der Waals surface area contributed by atoms with E-state index in [1.807, 2.05) is 18.2 Å². The first-order chi connectivity index (χ1) is 8.11. The van der Waals surface area contributed by atoms with Crippen LogP contribution in [0.5, 0.6) is 0 Å². The smallest absolute Gasteiger partial charge is 0.111 e. The minimum absolute atomic E-state index is 0.403. The van der Waals surface area contributed by atoms with Crippen LogP contribution in [0.15, 0.2) is 44.6 Å². The zero-order chi connectivity index (χ0) is 12.4. The van der Waals surface area contributed by atoms with Crippen LogP contribution in [0.25, 0.3) is 0 Å². The SMILES string of the molecule is N#Cc1cc(S(=O)c2cccc(Br)c2)c(Cl)s1. The number of thiophene rings is 1. The molecule has 0 radical (unpaired) electrons. The maximum absolute atomic E-state index is 12.3. The highest BCUT2D eigenvalue weighted by molar-refractivity contribution is 9.10. The summed E-state index contributed by atoms with van der Waals surface area (Å²) in [5.74, 6) is 0. The third-order valence-electron chi connectivity index (χ3n) is 1.98. The molecule has 1 aromatic carbocycles. The molecule has 0 aliphatic carbocycles. The van der Waals surface area contributed by atoms with Crippen molar-refractivity contribution in [3.05, 3.63) is 44.0 Å². The van der Waals surface area contributed by atoms with Crippen molar-refractivity contribution in [2.75, 3.05) is 0 Å². The molecule has 1 unspecified atom stereocenters. The largest absolute Gasteiger partial charge is 0.249 e. The lowest BCUT2D eigenvalue weighted by atomic mass is 10.4. The summed E-state index contributed by atoms with van der Waals surface area (Å²) in [6.45, 7) is 0. The van der Waals surface area contributed by atoms with Crippen LogP contribution in [-0.2, 0) is 10.8 Å². The Hall–Kier alpha value is -0.670. The van der Waals surface area contributed by atoms with Gasteiger partial charge in [-0.2, -0.15) is 5.26 Å². The van der Waals surface area contributed by atoms with E-state index in [0.717, 1.165) is 15.8 Å². The predicted octanol–water partition coefficient (Wildman–Crippen LogP) is 4.20. The summed E-state index contributed by atoms with van der Waals surface area (Å²) in [5.41, 5.74) is 0. The van der Waals surface area contributed by atoms with E-state index in [0.29, 0.717) is 19.0 Å². The van der Waals surface area contributed by atoms with Gasteiger partial charge >= 0.3 is 0 Å². The fourth-order valence-electron chi connectivity index (χ4n) is 1.24. The van der Waals surface area contributed by atoms with Crippen LogP contribution in [0.2, 0.25) is 4.34 Å². The number of nitriles is 1. The molecule has 0 N–H and O–H groups in total. The Morgan fingerprint density at radius 3 is 2.76 bits per heavy atom. The number of benzene rings is 1. The van der Waals surface area contributed by atoms with Gasteiger partial charge in [0, 0.05) is 9.37 Å². The van der Waals surface area contributed by atoms with Gasteiger partial charge in [-0.05, 0) is 24.3 Å². The highest BCUT2D eigenvalue weighted by Gasteiger charge is 2.15. The van der Waals surface area contributed by atoms with Crippen LogP contribution >= 0.6 is 38.9 Å². The first-order valence-corrected chi connectivity index (χ1v) is 7.62. The lowest BCUT2D eigenvalue weighted by molar-refractivity contribution is 0.683. The summed E-state index contributed by atoms with van der Waals surface area (Å²) in [5, 5.41) is 8.77. The number of rotatable bonds is 2. The average molecular weight is 347 g/mol. The van der Waals surface area contributed by atoms with Crippen molar-refractivity contribution in [1.82, 2.24) is 0 Å². The van der Waals surface area contributed by atoms with E-state index in [9.17, 15) is 4.21 Å². The molecule has 0 fully saturated rings. The summed E-state index contributed by atoms with van der Waals surface area (Å²) in [7, 11) is -1.35. The first-order valence-electron chi connectivity index (χ1n) is 4.48. The molecule has 0 bridgehead atoms. The molecule has 1 aromatic heterocycles. The van der Waals surface area contributed by atoms with Gasteiger partial charge in [0.1, 0.15) is 15.3 Å². The summed E-state index contributed by atoms with van der Waals surface area (Å²) < 4.78 is 13.5. The number of hydrogen-bond acceptors (Lipinski definition) is 3. The van der Waals surface area contributed by atoms with Crippen molar-refractivity contribution in [2.45, 2.75) is 9.79 Å². The molecule has 2 nitrogen and oxygen atoms in total. The Labute approximate surface area is 118 Å². The second kappa shape index (κ2) is 5.32. The maximum atomic E-state index is 12.3. The normalized spacial score (nSPS) is 12.1. The molecule has 0 saturated heterocycles. The minimum atomic E-state index is -1.35. The van der Waals surface area contributed by atoms with Gasteiger partial charge in [-0.15, -0.1) is 11.3 Å². The van der Waals surface area contributed by atoms with Crippen LogP contribution in [0.3, 0.4) is 0 Å². The zero-order valence-electron chi connectivity index (χ0n) is 8.31. The summed E-state index contributed by atoms with van der Waals surface area (Å²) in [4.78, 5) is 1.61. The Morgan fingerprint density at radius 1 is 1.41 bits per heavy atom. The quantitative estimate of drug-likeness (QED) is 0.817. The van der Waals surface area contributed by atoms with E-state index in [2.05, 4.69) is 15.9 Å². The van der Waals surface area contributed by atoms with Crippen molar-refractivity contribution in [3.8, 4) is 6.07 Å². The third kappa shape index (κ3) is 2.78. The van der Waals surface area contributed by atoms with Crippen molar-refractivity contribution < 1.29 is 4.21 Å². The van der Waals surface area contributed by atoms with Crippen molar-refractivity contribution >= 4 is 49.7 Å². The van der Waals surface area contributed by atoms with E-state index in [1.165, 1.54) is 0 Å². The highest BCUT2D eigenvalue weighted by Crippen LogP contribution is 2.32. The van der Waals surface area contributed by atoms with Crippen molar-refractivity contribution in [2.24, 2.45) is 0 Å². The molecule has 2 rings (SSSR count). The molecule has 1 heterocycles. The monoisotopic (exact) mass is 345 g/mol. The molecule has 0 saturated carbocycles. The Balaban J connectivity index is 2.44. The molecule has 0 aliphatic heterocycles. The van der Waals surface area contributed by atoms with Gasteiger partial charge < -0.3 is 0 Å². The maximum Gasteiger partial charge on any atom is 0.111 e. The van der Waals surface area contributed by atoms with Crippen LogP contribution < -0.4 is 0 Å². The zero-order valence-corrected chi connectivity index (χ0v) is 12.3. The van der Waals surface area contributed by atoms with Crippen LogP contribution in [-0.4, -0.2) is 4.21 Å². The number of hydrogen-bond donors (Lipinski definition) is 0. The molecule has 0 amide bonds. The van der Waals surface area contributed by atoms with Crippen LogP contribution in [0.4, 0.5) is 0 Å². The first kappa shape index (κ1) is 12.8. The fourth-order valence-corrected chi connectivity index (χ4v) is 4.37. The number of halogens is 2. The van der Waals surface area contributed by atoms with Gasteiger partial charge in [0.25, 0.3) is 0 Å². The molecule has 0 spiro atoms. The molecule has 1 atom stereocenters. The van der Waals surface area contributed by atoms with Gasteiger partial charge in [-0.3, -0.25) is 0 Å². The summed E-state index contributed by atoms with van der Waals surface area (Å²) in [6.07, 6.45) is 0. The Morgan fingerprint density at radius 2 is 2.18 bits per heavy atom. The molecular weight excluding hydrogens is 342 g/mol. The molecule has 2 aromatic rings. The molecule has 86 valence electrons. The van der Waals surface area contributed by atoms with Gasteiger partial charge in [0.15, 0.2) is 0 Å². The third-order valence-corrected chi connectivity index (χ3v) is 5.38. The lowest BCUT2D eigenvalue weighted by Gasteiger charge is -2.00. The van der Waals surface area contributed by atoms with E-state index in [4.69, 9.17) is 16.9 Å². The minimum Gasteiger partial charge on any atom is -0.249 e. The summed E-state index contributed by atoms with van der Waals surface area (Å²) in [6, 6.07) is 10.8. The average Bonchev–Trinajstić information content (AvgIpc) is 2.69. The summed E-state index contributed by atoms with van der Waals surface area (Å²) >= 11 is 10.4. The predicted molar refractivity (Wildman–Crippen MR) is 72.9 cm³/mol. The Bertz CT molecular complexity index is 633. The van der Waals surface area contributed by atoms with Crippen molar-refractivity contribution in [3.63, 3.8) is 0 Å². The van der Waals surface area contributed by atoms with Crippen molar-refractivity contribution in [1.29, 1.82) is 5.26 Å². The standard InChI is InChI=1S/C11H5BrClNOS2/c12-7-2-1-3-9(4-7)17(15)10-5-8(6-14)16-11(10)13/h1-5H. The second-order valence-corrected chi connectivity index (χ2v) is 7.11. The van der Waals surface area contributed by atoms with E-state index < -0.39 is 10.8 Å².